The summed E-state index contributed by atoms with van der Waals surface area (Å²) in [4.78, 5) is 41.3. The van der Waals surface area contributed by atoms with Crippen LogP contribution in [0.3, 0.4) is 0 Å². The maximum absolute atomic E-state index is 12.6. The molecular weight excluding hydrogens is 610 g/mol. The second kappa shape index (κ2) is 14.6. The Morgan fingerprint density at radius 2 is 1.67 bits per heavy atom. The lowest BCUT2D eigenvalue weighted by molar-refractivity contribution is -0.137. The summed E-state index contributed by atoms with van der Waals surface area (Å²) in [6, 6.07) is 16.5. The Labute approximate surface area is 281 Å². The fourth-order valence-electron chi connectivity index (χ4n) is 5.96. The molecule has 48 heavy (non-hydrogen) atoms. The van der Waals surface area contributed by atoms with Crippen molar-refractivity contribution in [3.8, 4) is 33.9 Å². The van der Waals surface area contributed by atoms with Crippen LogP contribution in [0.25, 0.3) is 33.4 Å². The minimum absolute atomic E-state index is 0.138. The molecule has 2 aliphatic heterocycles. The second-order valence-corrected chi connectivity index (χ2v) is 12.0. The molecule has 11 nitrogen and oxygen atoms in total. The third kappa shape index (κ3) is 7.00. The Morgan fingerprint density at radius 1 is 0.938 bits per heavy atom. The van der Waals surface area contributed by atoms with Gasteiger partial charge in [-0.1, -0.05) is 0 Å². The molecule has 0 fully saturated rings. The van der Waals surface area contributed by atoms with Crippen LogP contribution < -0.4 is 34.5 Å². The SMILES string of the molecule is CCN(CCCC(=O)NCCN1C(=O)C=CC1=O)c1cc(OC)c(-c2c3ccc(=[N+](C)C)cc-3oc3cc(N(C)C)ccc23)cc1OC. The Balaban J connectivity index is 1.44. The first kappa shape index (κ1) is 34.0. The highest BCUT2D eigenvalue weighted by molar-refractivity contribution is 6.13. The van der Waals surface area contributed by atoms with E-state index in [0.717, 1.165) is 55.1 Å². The molecule has 0 unspecified atom stereocenters. The smallest absolute Gasteiger partial charge is 0.253 e. The van der Waals surface area contributed by atoms with E-state index in [1.54, 1.807) is 14.2 Å². The molecule has 1 N–H and O–H groups in total. The lowest BCUT2D eigenvalue weighted by Gasteiger charge is -2.27. The van der Waals surface area contributed by atoms with Gasteiger partial charge in [-0.15, -0.1) is 0 Å². The topological polar surface area (TPSA) is 108 Å². The number of benzene rings is 3. The first-order chi connectivity index (χ1) is 23.1. The quantitative estimate of drug-likeness (QED) is 0.131. The maximum atomic E-state index is 12.6. The van der Waals surface area contributed by atoms with Gasteiger partial charge in [0.1, 0.15) is 36.9 Å². The molecule has 5 rings (SSSR count). The highest BCUT2D eigenvalue weighted by Crippen LogP contribution is 2.47. The number of nitrogens with zero attached hydrogens (tertiary/aromatic N) is 4. The average molecular weight is 655 g/mol. The van der Waals surface area contributed by atoms with E-state index in [4.69, 9.17) is 13.9 Å². The van der Waals surface area contributed by atoms with Crippen LogP contribution in [0.1, 0.15) is 19.8 Å². The number of hydrogen-bond acceptors (Lipinski definition) is 8. The molecule has 252 valence electrons. The molecule has 3 amide bonds. The number of imide groups is 1. The predicted octanol–water partition coefficient (Wildman–Crippen LogP) is 3.97. The number of amides is 3. The minimum Gasteiger partial charge on any atom is -0.496 e. The molecule has 0 bridgehead atoms. The summed E-state index contributed by atoms with van der Waals surface area (Å²) in [5.41, 5.74) is 5.46. The van der Waals surface area contributed by atoms with Gasteiger partial charge in [0, 0.05) is 105 Å². The summed E-state index contributed by atoms with van der Waals surface area (Å²) < 4.78 is 20.6. The molecule has 1 aliphatic carbocycles. The molecule has 0 saturated carbocycles. The van der Waals surface area contributed by atoms with Gasteiger partial charge >= 0.3 is 0 Å². The van der Waals surface area contributed by atoms with Gasteiger partial charge in [0.25, 0.3) is 11.8 Å². The Morgan fingerprint density at radius 3 is 2.31 bits per heavy atom. The first-order valence-corrected chi connectivity index (χ1v) is 16.1. The molecular formula is C37H44N5O6+. The Bertz CT molecular complexity index is 1910. The van der Waals surface area contributed by atoms with Gasteiger partial charge in [0.05, 0.1) is 26.0 Å². The number of carbonyl (C=O) groups is 3. The van der Waals surface area contributed by atoms with E-state index in [2.05, 4.69) is 53.5 Å². The number of carbonyl (C=O) groups excluding carboxylic acids is 3. The van der Waals surface area contributed by atoms with Gasteiger partial charge in [-0.2, -0.15) is 0 Å². The first-order valence-electron chi connectivity index (χ1n) is 16.1. The predicted molar refractivity (Wildman–Crippen MR) is 189 cm³/mol. The zero-order valence-corrected chi connectivity index (χ0v) is 28.8. The van der Waals surface area contributed by atoms with E-state index < -0.39 is 0 Å². The third-order valence-corrected chi connectivity index (χ3v) is 8.60. The summed E-state index contributed by atoms with van der Waals surface area (Å²) in [5.74, 6) is 1.27. The summed E-state index contributed by atoms with van der Waals surface area (Å²) in [6.07, 6.45) is 3.36. The van der Waals surface area contributed by atoms with Crippen LogP contribution in [-0.2, 0) is 14.4 Å². The van der Waals surface area contributed by atoms with Crippen LogP contribution in [0.15, 0.2) is 65.1 Å². The largest absolute Gasteiger partial charge is 0.496 e. The Hall–Kier alpha value is -5.32. The lowest BCUT2D eigenvalue weighted by Crippen LogP contribution is -2.38. The fourth-order valence-corrected chi connectivity index (χ4v) is 5.96. The standard InChI is InChI=1S/C37H43N5O6/c1-8-41(18-9-10-34(43)38-17-19-42-35(44)15-16-36(42)45)29-23-30(46-6)28(22-33(29)47-7)37-26-13-11-24(39(2)3)20-31(26)48-32-21-25(40(4)5)12-14-27(32)37/h11-16,20-23H,8-10,17-19H2,1-7H3/p+1. The summed E-state index contributed by atoms with van der Waals surface area (Å²) in [6.45, 7) is 3.71. The Kier molecular flexibility index (Phi) is 10.4. The average Bonchev–Trinajstić information content (AvgIpc) is 3.40. The van der Waals surface area contributed by atoms with Gasteiger partial charge in [-0.05, 0) is 37.6 Å². The number of ether oxygens (including phenoxy) is 2. The number of hydrogen-bond donors (Lipinski definition) is 1. The zero-order chi connectivity index (χ0) is 34.5. The number of anilines is 2. The molecule has 11 heteroatoms. The molecule has 0 spiro atoms. The van der Waals surface area contributed by atoms with Crippen LogP contribution in [0.4, 0.5) is 11.4 Å². The third-order valence-electron chi connectivity index (χ3n) is 8.60. The monoisotopic (exact) mass is 654 g/mol. The van der Waals surface area contributed by atoms with Gasteiger partial charge < -0.3 is 29.0 Å². The highest BCUT2D eigenvalue weighted by atomic mass is 16.5. The van der Waals surface area contributed by atoms with Crippen molar-refractivity contribution in [3.63, 3.8) is 0 Å². The fraction of sp³-hybridized carbons (Fsp3) is 0.351. The maximum Gasteiger partial charge on any atom is 0.253 e. The van der Waals surface area contributed by atoms with Crippen molar-refractivity contribution in [3.05, 3.63) is 66.0 Å². The number of fused-ring (bicyclic) bond motifs is 2. The van der Waals surface area contributed by atoms with E-state index in [1.807, 2.05) is 49.8 Å². The van der Waals surface area contributed by atoms with Gasteiger partial charge in [-0.3, -0.25) is 19.3 Å². The molecule has 0 aromatic heterocycles. The minimum atomic E-state index is -0.358. The van der Waals surface area contributed by atoms with Crippen molar-refractivity contribution in [1.29, 1.82) is 0 Å². The van der Waals surface area contributed by atoms with Crippen molar-refractivity contribution < 1.29 is 28.3 Å². The van der Waals surface area contributed by atoms with Gasteiger partial charge in [-0.25, -0.2) is 4.58 Å². The van der Waals surface area contributed by atoms with Crippen LogP contribution in [0, 0.1) is 0 Å². The number of nitrogens with one attached hydrogen (secondary N) is 1. The molecule has 0 atom stereocenters. The molecule has 2 aromatic carbocycles. The number of rotatable bonds is 13. The summed E-state index contributed by atoms with van der Waals surface area (Å²) >= 11 is 0. The zero-order valence-electron chi connectivity index (χ0n) is 28.8. The molecule has 0 radical (unpaired) electrons. The van der Waals surface area contributed by atoms with E-state index in [-0.39, 0.29) is 30.8 Å². The molecule has 2 heterocycles. The summed E-state index contributed by atoms with van der Waals surface area (Å²) in [5, 5.41) is 4.79. The normalized spacial score (nSPS) is 12.6. The van der Waals surface area contributed by atoms with Crippen molar-refractivity contribution in [2.45, 2.75) is 19.8 Å². The van der Waals surface area contributed by atoms with Gasteiger partial charge in [0.15, 0.2) is 0 Å². The van der Waals surface area contributed by atoms with E-state index in [9.17, 15) is 14.4 Å². The number of methoxy groups -OCH3 is 2. The summed E-state index contributed by atoms with van der Waals surface area (Å²) in [7, 11) is 11.3. The van der Waals surface area contributed by atoms with Crippen molar-refractivity contribution in [1.82, 2.24) is 14.8 Å². The lowest BCUT2D eigenvalue weighted by atomic mass is 9.92. The van der Waals surface area contributed by atoms with Crippen molar-refractivity contribution in [2.75, 3.05) is 78.4 Å². The highest BCUT2D eigenvalue weighted by Gasteiger charge is 2.25. The van der Waals surface area contributed by atoms with Crippen LogP contribution in [0.5, 0.6) is 11.5 Å². The van der Waals surface area contributed by atoms with E-state index in [1.165, 1.54) is 12.2 Å². The van der Waals surface area contributed by atoms with Crippen LogP contribution in [0.2, 0.25) is 0 Å². The van der Waals surface area contributed by atoms with Crippen molar-refractivity contribution >= 4 is 40.1 Å². The second-order valence-electron chi connectivity index (χ2n) is 12.0. The molecule has 3 aliphatic rings. The molecule has 0 saturated heterocycles. The van der Waals surface area contributed by atoms with Crippen LogP contribution in [-0.4, -0.2) is 91.2 Å². The van der Waals surface area contributed by atoms with Gasteiger partial charge in [0.2, 0.25) is 11.3 Å². The molecule has 2 aromatic rings. The van der Waals surface area contributed by atoms with Crippen LogP contribution >= 0.6 is 0 Å². The van der Waals surface area contributed by atoms with E-state index in [0.29, 0.717) is 37.4 Å². The van der Waals surface area contributed by atoms with E-state index >= 15 is 0 Å². The van der Waals surface area contributed by atoms with Crippen molar-refractivity contribution in [2.24, 2.45) is 0 Å².